The number of aromatic nitrogens is 2. The number of para-hydroxylation sites is 1. The van der Waals surface area contributed by atoms with E-state index in [0.717, 1.165) is 11.3 Å². The van der Waals surface area contributed by atoms with Crippen molar-refractivity contribution in [1.29, 1.82) is 0 Å². The first-order chi connectivity index (χ1) is 11.9. The number of halogens is 1. The molecule has 2 aromatic heterocycles. The number of anilines is 1. The number of nitrogens with one attached hydrogen (secondary N) is 1. The summed E-state index contributed by atoms with van der Waals surface area (Å²) in [6.07, 6.45) is 0.849. The number of thiophene rings is 1. The van der Waals surface area contributed by atoms with Crippen molar-refractivity contribution in [2.45, 2.75) is 33.2 Å². The van der Waals surface area contributed by atoms with Gasteiger partial charge in [-0.15, -0.1) is 11.3 Å². The molecule has 0 fully saturated rings. The molecule has 0 radical (unpaired) electrons. The highest BCUT2D eigenvalue weighted by atomic mass is 35.5. The highest BCUT2D eigenvalue weighted by Gasteiger charge is 2.21. The van der Waals surface area contributed by atoms with Crippen molar-refractivity contribution in [2.24, 2.45) is 0 Å². The predicted octanol–water partition coefficient (Wildman–Crippen LogP) is 4.18. The minimum atomic E-state index is -0.703. The Kier molecular flexibility index (Phi) is 4.92. The Morgan fingerprint density at radius 1 is 1.40 bits per heavy atom. The molecular weight excluding hydrogens is 358 g/mol. The van der Waals surface area contributed by atoms with Crippen molar-refractivity contribution in [3.05, 3.63) is 56.4 Å². The Morgan fingerprint density at radius 3 is 2.80 bits per heavy atom. The minimum Gasteiger partial charge on any atom is -0.323 e. The van der Waals surface area contributed by atoms with E-state index in [4.69, 9.17) is 11.6 Å². The number of fused-ring (bicyclic) bond motifs is 1. The molecule has 0 aliphatic rings. The lowest BCUT2D eigenvalue weighted by Gasteiger charge is -2.17. The summed E-state index contributed by atoms with van der Waals surface area (Å²) in [4.78, 5) is 31.8. The molecule has 0 bridgehead atoms. The molecular formula is C18H18ClN3O2S. The zero-order chi connectivity index (χ0) is 18.1. The lowest BCUT2D eigenvalue weighted by Crippen LogP contribution is -2.33. The standard InChI is InChI=1S/C18H18ClN3O2S/c1-4-12-9-13-17(25-12)20-11(3)22(18(13)24)10(2)16(23)21-15-8-6-5-7-14(15)19/h5-10H,4H2,1-3H3,(H,21,23). The normalized spacial score (nSPS) is 12.3. The highest BCUT2D eigenvalue weighted by Crippen LogP contribution is 2.24. The van der Waals surface area contributed by atoms with Crippen LogP contribution in [0.1, 0.15) is 30.6 Å². The van der Waals surface area contributed by atoms with Gasteiger partial charge in [0, 0.05) is 4.88 Å². The van der Waals surface area contributed by atoms with Gasteiger partial charge in [-0.2, -0.15) is 0 Å². The zero-order valence-corrected chi connectivity index (χ0v) is 15.7. The second-order valence-corrected chi connectivity index (χ2v) is 7.29. The molecule has 0 aliphatic carbocycles. The van der Waals surface area contributed by atoms with Crippen LogP contribution in [0.4, 0.5) is 5.69 Å². The van der Waals surface area contributed by atoms with E-state index in [-0.39, 0.29) is 11.5 Å². The second kappa shape index (κ2) is 6.98. The Hall–Kier alpha value is -2.18. The summed E-state index contributed by atoms with van der Waals surface area (Å²) in [6, 6.07) is 8.15. The van der Waals surface area contributed by atoms with Crippen LogP contribution in [-0.2, 0) is 11.2 Å². The van der Waals surface area contributed by atoms with Crippen molar-refractivity contribution in [1.82, 2.24) is 9.55 Å². The quantitative estimate of drug-likeness (QED) is 0.743. The van der Waals surface area contributed by atoms with Crippen LogP contribution >= 0.6 is 22.9 Å². The summed E-state index contributed by atoms with van der Waals surface area (Å²) in [7, 11) is 0. The van der Waals surface area contributed by atoms with E-state index < -0.39 is 6.04 Å². The van der Waals surface area contributed by atoms with E-state index in [1.165, 1.54) is 15.9 Å². The van der Waals surface area contributed by atoms with Gasteiger partial charge in [0.2, 0.25) is 5.91 Å². The number of carbonyl (C=O) groups is 1. The molecule has 2 heterocycles. The summed E-state index contributed by atoms with van der Waals surface area (Å²) in [5.41, 5.74) is 0.324. The Morgan fingerprint density at radius 2 is 2.12 bits per heavy atom. The molecule has 3 rings (SSSR count). The van der Waals surface area contributed by atoms with E-state index in [9.17, 15) is 9.59 Å². The van der Waals surface area contributed by atoms with Crippen LogP contribution < -0.4 is 10.9 Å². The maximum Gasteiger partial charge on any atom is 0.263 e. The van der Waals surface area contributed by atoms with Gasteiger partial charge in [-0.05, 0) is 38.5 Å². The number of hydrogen-bond acceptors (Lipinski definition) is 4. The van der Waals surface area contributed by atoms with Crippen LogP contribution in [0.3, 0.4) is 0 Å². The number of aryl methyl sites for hydroxylation is 2. The second-order valence-electron chi connectivity index (χ2n) is 5.76. The molecule has 1 aromatic carbocycles. The average Bonchev–Trinajstić information content (AvgIpc) is 3.00. The van der Waals surface area contributed by atoms with Crippen LogP contribution in [0.25, 0.3) is 10.2 Å². The number of amides is 1. The largest absolute Gasteiger partial charge is 0.323 e. The Labute approximate surface area is 154 Å². The summed E-state index contributed by atoms with van der Waals surface area (Å²) in [5, 5.41) is 3.78. The van der Waals surface area contributed by atoms with Gasteiger partial charge in [0.25, 0.3) is 5.56 Å². The van der Waals surface area contributed by atoms with Crippen LogP contribution in [0.5, 0.6) is 0 Å². The maximum absolute atomic E-state index is 12.9. The molecule has 1 atom stereocenters. The van der Waals surface area contributed by atoms with Gasteiger partial charge in [-0.1, -0.05) is 30.7 Å². The molecule has 3 aromatic rings. The van der Waals surface area contributed by atoms with Crippen LogP contribution in [-0.4, -0.2) is 15.5 Å². The SMILES string of the molecule is CCc1cc2c(=O)n(C(C)C(=O)Nc3ccccc3Cl)c(C)nc2s1. The van der Waals surface area contributed by atoms with Crippen molar-refractivity contribution in [3.8, 4) is 0 Å². The number of hydrogen-bond donors (Lipinski definition) is 1. The Balaban J connectivity index is 1.99. The fourth-order valence-electron chi connectivity index (χ4n) is 2.69. The summed E-state index contributed by atoms with van der Waals surface area (Å²) < 4.78 is 1.43. The third-order valence-corrected chi connectivity index (χ3v) is 5.57. The summed E-state index contributed by atoms with van der Waals surface area (Å²) in [6.45, 7) is 5.46. The van der Waals surface area contributed by atoms with E-state index in [2.05, 4.69) is 10.3 Å². The fourth-order valence-corrected chi connectivity index (χ4v) is 3.88. The average molecular weight is 376 g/mol. The first-order valence-electron chi connectivity index (χ1n) is 7.99. The van der Waals surface area contributed by atoms with Gasteiger partial charge in [0.05, 0.1) is 16.1 Å². The number of nitrogens with zero attached hydrogens (tertiary/aromatic N) is 2. The molecule has 25 heavy (non-hydrogen) atoms. The molecule has 1 N–H and O–H groups in total. The zero-order valence-electron chi connectivity index (χ0n) is 14.2. The molecule has 1 amide bonds. The topological polar surface area (TPSA) is 64.0 Å². The van der Waals surface area contributed by atoms with Gasteiger partial charge in [-0.3, -0.25) is 14.2 Å². The molecule has 5 nitrogen and oxygen atoms in total. The third kappa shape index (κ3) is 3.32. The summed E-state index contributed by atoms with van der Waals surface area (Å²) in [5.74, 6) is 0.203. The number of carbonyl (C=O) groups excluding carboxylic acids is 1. The molecule has 0 spiro atoms. The first kappa shape index (κ1) is 17.6. The van der Waals surface area contributed by atoms with Crippen molar-refractivity contribution in [2.75, 3.05) is 5.32 Å². The van der Waals surface area contributed by atoms with Crippen LogP contribution in [0.2, 0.25) is 5.02 Å². The monoisotopic (exact) mass is 375 g/mol. The van der Waals surface area contributed by atoms with E-state index in [1.807, 2.05) is 13.0 Å². The third-order valence-electron chi connectivity index (χ3n) is 4.07. The lowest BCUT2D eigenvalue weighted by atomic mass is 10.2. The van der Waals surface area contributed by atoms with E-state index in [1.54, 1.807) is 38.1 Å². The van der Waals surface area contributed by atoms with Crippen molar-refractivity contribution in [3.63, 3.8) is 0 Å². The fraction of sp³-hybridized carbons (Fsp3) is 0.278. The highest BCUT2D eigenvalue weighted by molar-refractivity contribution is 7.18. The van der Waals surface area contributed by atoms with E-state index in [0.29, 0.717) is 26.8 Å². The van der Waals surface area contributed by atoms with Gasteiger partial charge >= 0.3 is 0 Å². The number of benzene rings is 1. The molecule has 0 saturated carbocycles. The smallest absolute Gasteiger partial charge is 0.263 e. The molecule has 130 valence electrons. The number of rotatable bonds is 4. The minimum absolute atomic E-state index is 0.194. The van der Waals surface area contributed by atoms with Gasteiger partial charge in [0.15, 0.2) is 0 Å². The summed E-state index contributed by atoms with van der Waals surface area (Å²) >= 11 is 7.60. The first-order valence-corrected chi connectivity index (χ1v) is 9.18. The van der Waals surface area contributed by atoms with Gasteiger partial charge < -0.3 is 5.32 Å². The van der Waals surface area contributed by atoms with Crippen molar-refractivity contribution >= 4 is 44.7 Å². The molecule has 0 aliphatic heterocycles. The maximum atomic E-state index is 12.9. The predicted molar refractivity (Wildman–Crippen MR) is 103 cm³/mol. The van der Waals surface area contributed by atoms with Gasteiger partial charge in [-0.25, -0.2) is 4.98 Å². The van der Waals surface area contributed by atoms with E-state index >= 15 is 0 Å². The van der Waals surface area contributed by atoms with Gasteiger partial charge in [0.1, 0.15) is 16.7 Å². The molecule has 0 saturated heterocycles. The Bertz CT molecular complexity index is 1010. The lowest BCUT2D eigenvalue weighted by molar-refractivity contribution is -0.118. The molecule has 1 unspecified atom stereocenters. The van der Waals surface area contributed by atoms with Crippen LogP contribution in [0, 0.1) is 6.92 Å². The van der Waals surface area contributed by atoms with Crippen molar-refractivity contribution < 1.29 is 4.79 Å². The molecule has 7 heteroatoms. The van der Waals surface area contributed by atoms with Crippen LogP contribution in [0.15, 0.2) is 35.1 Å².